The van der Waals surface area contributed by atoms with Crippen molar-refractivity contribution in [1.29, 1.82) is 0 Å². The van der Waals surface area contributed by atoms with E-state index in [2.05, 4.69) is 10.1 Å². The van der Waals surface area contributed by atoms with Crippen molar-refractivity contribution < 1.29 is 4.52 Å². The summed E-state index contributed by atoms with van der Waals surface area (Å²) in [6, 6.07) is 7.41. The highest BCUT2D eigenvalue weighted by Gasteiger charge is 2.36. The number of aromatic nitrogens is 2. The lowest BCUT2D eigenvalue weighted by molar-refractivity contribution is 0.372. The lowest BCUT2D eigenvalue weighted by Gasteiger charge is -2.17. The standard InChI is InChI=1S/C13H14ClN3O.ClH/c14-10-6-2-1-5-9(10)11-16-12(17-18-11)13(15)7-3-4-8-13;/h1-2,5-6H,3-4,7-8,15H2;1H. The van der Waals surface area contributed by atoms with Gasteiger partial charge >= 0.3 is 0 Å². The van der Waals surface area contributed by atoms with E-state index in [1.54, 1.807) is 6.07 Å². The van der Waals surface area contributed by atoms with Gasteiger partial charge in [0.2, 0.25) is 0 Å². The fourth-order valence-corrected chi connectivity index (χ4v) is 2.62. The molecule has 0 atom stereocenters. The van der Waals surface area contributed by atoms with Gasteiger partial charge in [-0.1, -0.05) is 41.7 Å². The Morgan fingerprint density at radius 1 is 1.21 bits per heavy atom. The van der Waals surface area contributed by atoms with Crippen molar-refractivity contribution in [3.63, 3.8) is 0 Å². The van der Waals surface area contributed by atoms with Crippen LogP contribution < -0.4 is 5.73 Å². The normalized spacial score (nSPS) is 17.2. The van der Waals surface area contributed by atoms with Gasteiger partial charge in [0.25, 0.3) is 5.89 Å². The Labute approximate surface area is 122 Å². The van der Waals surface area contributed by atoms with Gasteiger partial charge in [-0.05, 0) is 25.0 Å². The Hall–Kier alpha value is -1.10. The Kier molecular flexibility index (Phi) is 4.13. The maximum atomic E-state index is 6.29. The molecule has 1 saturated carbocycles. The Balaban J connectivity index is 0.00000133. The number of nitrogens with two attached hydrogens (primary N) is 1. The minimum absolute atomic E-state index is 0. The molecule has 2 N–H and O–H groups in total. The van der Waals surface area contributed by atoms with Gasteiger partial charge in [0, 0.05) is 0 Å². The fourth-order valence-electron chi connectivity index (χ4n) is 2.40. The summed E-state index contributed by atoms with van der Waals surface area (Å²) in [6.07, 6.45) is 4.06. The average Bonchev–Trinajstić information content (AvgIpc) is 2.99. The van der Waals surface area contributed by atoms with Crippen LogP contribution in [0.25, 0.3) is 11.5 Å². The van der Waals surface area contributed by atoms with Gasteiger partial charge in [-0.25, -0.2) is 0 Å². The largest absolute Gasteiger partial charge is 0.334 e. The summed E-state index contributed by atoms with van der Waals surface area (Å²) in [4.78, 5) is 4.41. The SMILES string of the molecule is Cl.NC1(c2noc(-c3ccccc3Cl)n2)CCCC1. The molecule has 0 saturated heterocycles. The van der Waals surface area contributed by atoms with Crippen LogP contribution in [0.5, 0.6) is 0 Å². The van der Waals surface area contributed by atoms with Crippen molar-refractivity contribution >= 4 is 24.0 Å². The van der Waals surface area contributed by atoms with Gasteiger partial charge in [-0.2, -0.15) is 4.98 Å². The Bertz CT molecular complexity index is 565. The van der Waals surface area contributed by atoms with Crippen LogP contribution in [0, 0.1) is 0 Å². The number of benzene rings is 1. The van der Waals surface area contributed by atoms with Gasteiger partial charge < -0.3 is 10.3 Å². The lowest BCUT2D eigenvalue weighted by Crippen LogP contribution is -2.34. The van der Waals surface area contributed by atoms with E-state index >= 15 is 0 Å². The first kappa shape index (κ1) is 14.3. The summed E-state index contributed by atoms with van der Waals surface area (Å²) in [6.45, 7) is 0. The van der Waals surface area contributed by atoms with Gasteiger partial charge in [0.1, 0.15) is 0 Å². The quantitative estimate of drug-likeness (QED) is 0.921. The van der Waals surface area contributed by atoms with Crippen molar-refractivity contribution in [2.24, 2.45) is 5.73 Å². The molecule has 0 bridgehead atoms. The van der Waals surface area contributed by atoms with E-state index in [-0.39, 0.29) is 12.4 Å². The van der Waals surface area contributed by atoms with Crippen LogP contribution in [-0.2, 0) is 5.54 Å². The zero-order valence-corrected chi connectivity index (χ0v) is 11.9. The Morgan fingerprint density at radius 2 is 1.89 bits per heavy atom. The average molecular weight is 300 g/mol. The minimum atomic E-state index is -0.428. The summed E-state index contributed by atoms with van der Waals surface area (Å²) in [5.74, 6) is 1.03. The third kappa shape index (κ3) is 2.61. The summed E-state index contributed by atoms with van der Waals surface area (Å²) in [5, 5.41) is 4.62. The lowest BCUT2D eigenvalue weighted by atomic mass is 9.99. The first-order valence-corrected chi connectivity index (χ1v) is 6.45. The first-order chi connectivity index (χ1) is 8.69. The molecule has 0 aliphatic heterocycles. The molecule has 2 aromatic rings. The van der Waals surface area contributed by atoms with E-state index in [1.807, 2.05) is 18.2 Å². The highest BCUT2D eigenvalue weighted by Crippen LogP contribution is 2.36. The maximum absolute atomic E-state index is 6.29. The van der Waals surface area contributed by atoms with Crippen molar-refractivity contribution in [2.45, 2.75) is 31.2 Å². The van der Waals surface area contributed by atoms with Gasteiger partial charge in [-0.3, -0.25) is 0 Å². The van der Waals surface area contributed by atoms with E-state index in [0.717, 1.165) is 31.2 Å². The molecular formula is C13H15Cl2N3O. The molecule has 4 nitrogen and oxygen atoms in total. The van der Waals surface area contributed by atoms with Crippen LogP contribution in [0.1, 0.15) is 31.5 Å². The van der Waals surface area contributed by atoms with Crippen LogP contribution in [0.15, 0.2) is 28.8 Å². The summed E-state index contributed by atoms with van der Waals surface area (Å²) in [7, 11) is 0. The monoisotopic (exact) mass is 299 g/mol. The predicted octanol–water partition coefficient (Wildman–Crippen LogP) is 3.54. The van der Waals surface area contributed by atoms with Crippen LogP contribution in [0.3, 0.4) is 0 Å². The molecule has 3 rings (SSSR count). The van der Waals surface area contributed by atoms with Gasteiger partial charge in [0.15, 0.2) is 5.82 Å². The van der Waals surface area contributed by atoms with Crippen LogP contribution in [0.4, 0.5) is 0 Å². The second kappa shape index (κ2) is 5.49. The van der Waals surface area contributed by atoms with Crippen molar-refractivity contribution in [1.82, 2.24) is 10.1 Å². The number of rotatable bonds is 2. The molecule has 6 heteroatoms. The molecule has 1 aromatic heterocycles. The van der Waals surface area contributed by atoms with Crippen LogP contribution in [-0.4, -0.2) is 10.1 Å². The molecule has 0 spiro atoms. The van der Waals surface area contributed by atoms with Crippen molar-refractivity contribution in [3.8, 4) is 11.5 Å². The number of nitrogens with zero attached hydrogens (tertiary/aromatic N) is 2. The third-order valence-corrected chi connectivity index (χ3v) is 3.80. The Morgan fingerprint density at radius 3 is 2.58 bits per heavy atom. The molecule has 1 aliphatic rings. The molecular weight excluding hydrogens is 285 g/mol. The topological polar surface area (TPSA) is 64.9 Å². The molecule has 0 amide bonds. The minimum Gasteiger partial charge on any atom is -0.334 e. The zero-order chi connectivity index (χ0) is 12.6. The maximum Gasteiger partial charge on any atom is 0.259 e. The van der Waals surface area contributed by atoms with Crippen molar-refractivity contribution in [2.75, 3.05) is 0 Å². The molecule has 1 aliphatic carbocycles. The second-order valence-electron chi connectivity index (χ2n) is 4.77. The number of hydrogen-bond acceptors (Lipinski definition) is 4. The molecule has 1 heterocycles. The second-order valence-corrected chi connectivity index (χ2v) is 5.17. The van der Waals surface area contributed by atoms with Crippen LogP contribution >= 0.6 is 24.0 Å². The molecule has 102 valence electrons. The summed E-state index contributed by atoms with van der Waals surface area (Å²) < 4.78 is 5.28. The molecule has 0 radical (unpaired) electrons. The third-order valence-electron chi connectivity index (χ3n) is 3.47. The summed E-state index contributed by atoms with van der Waals surface area (Å²) in [5.41, 5.74) is 6.61. The predicted molar refractivity (Wildman–Crippen MR) is 76.3 cm³/mol. The van der Waals surface area contributed by atoms with E-state index in [9.17, 15) is 0 Å². The number of halogens is 2. The number of hydrogen-bond donors (Lipinski definition) is 1. The van der Waals surface area contributed by atoms with Gasteiger partial charge in [0.05, 0.1) is 16.1 Å². The van der Waals surface area contributed by atoms with Crippen molar-refractivity contribution in [3.05, 3.63) is 35.1 Å². The molecule has 1 aromatic carbocycles. The van der Waals surface area contributed by atoms with E-state index in [4.69, 9.17) is 21.9 Å². The summed E-state index contributed by atoms with van der Waals surface area (Å²) >= 11 is 6.10. The molecule has 0 unspecified atom stereocenters. The highest BCUT2D eigenvalue weighted by atomic mass is 35.5. The van der Waals surface area contributed by atoms with Gasteiger partial charge in [-0.15, -0.1) is 12.4 Å². The van der Waals surface area contributed by atoms with E-state index in [1.165, 1.54) is 0 Å². The van der Waals surface area contributed by atoms with Crippen LogP contribution in [0.2, 0.25) is 5.02 Å². The highest BCUT2D eigenvalue weighted by molar-refractivity contribution is 6.33. The van der Waals surface area contributed by atoms with E-state index < -0.39 is 5.54 Å². The smallest absolute Gasteiger partial charge is 0.259 e. The molecule has 19 heavy (non-hydrogen) atoms. The first-order valence-electron chi connectivity index (χ1n) is 6.07. The zero-order valence-electron chi connectivity index (χ0n) is 10.3. The fraction of sp³-hybridized carbons (Fsp3) is 0.385. The molecule has 1 fully saturated rings. The van der Waals surface area contributed by atoms with E-state index in [0.29, 0.717) is 16.7 Å².